The topological polar surface area (TPSA) is 46.5 Å². The van der Waals surface area contributed by atoms with E-state index in [9.17, 15) is 4.79 Å². The fourth-order valence-electron chi connectivity index (χ4n) is 1.34. The molecule has 0 fully saturated rings. The minimum absolute atomic E-state index is 0.217. The van der Waals surface area contributed by atoms with Gasteiger partial charge in [-0.15, -0.1) is 0 Å². The third kappa shape index (κ3) is 3.94. The van der Waals surface area contributed by atoms with Gasteiger partial charge in [-0.3, -0.25) is 4.79 Å². The van der Waals surface area contributed by atoms with Crippen molar-refractivity contribution in [2.75, 3.05) is 13.2 Å². The summed E-state index contributed by atoms with van der Waals surface area (Å²) in [7, 11) is 0. The van der Waals surface area contributed by atoms with E-state index in [2.05, 4.69) is 15.9 Å². The summed E-state index contributed by atoms with van der Waals surface area (Å²) in [5.74, 6) is 0.599. The van der Waals surface area contributed by atoms with Gasteiger partial charge in [0.15, 0.2) is 6.29 Å². The SMILES string of the molecule is O=Cc1cccc(Br)c1OCCCCCO. The highest BCUT2D eigenvalue weighted by atomic mass is 79.9. The number of para-hydroxylation sites is 1. The molecule has 0 aliphatic rings. The lowest BCUT2D eigenvalue weighted by molar-refractivity contribution is 0.111. The lowest BCUT2D eigenvalue weighted by Crippen LogP contribution is -2.01. The van der Waals surface area contributed by atoms with Crippen molar-refractivity contribution in [1.29, 1.82) is 0 Å². The molecule has 3 nitrogen and oxygen atoms in total. The van der Waals surface area contributed by atoms with Gasteiger partial charge >= 0.3 is 0 Å². The third-order valence-corrected chi connectivity index (χ3v) is 2.80. The maximum absolute atomic E-state index is 10.8. The van der Waals surface area contributed by atoms with E-state index in [1.807, 2.05) is 6.07 Å². The van der Waals surface area contributed by atoms with Crippen LogP contribution in [0.5, 0.6) is 5.75 Å². The summed E-state index contributed by atoms with van der Waals surface area (Å²) >= 11 is 3.35. The van der Waals surface area contributed by atoms with Crippen LogP contribution in [0.2, 0.25) is 0 Å². The van der Waals surface area contributed by atoms with Gasteiger partial charge in [0.2, 0.25) is 0 Å². The van der Waals surface area contributed by atoms with Gasteiger partial charge in [0.25, 0.3) is 0 Å². The number of halogens is 1. The van der Waals surface area contributed by atoms with E-state index in [1.165, 1.54) is 0 Å². The first kappa shape index (κ1) is 13.2. The van der Waals surface area contributed by atoms with Gasteiger partial charge in [0.1, 0.15) is 5.75 Å². The van der Waals surface area contributed by atoms with Crippen molar-refractivity contribution in [2.24, 2.45) is 0 Å². The van der Waals surface area contributed by atoms with Crippen molar-refractivity contribution in [3.8, 4) is 5.75 Å². The van der Waals surface area contributed by atoms with Crippen molar-refractivity contribution < 1.29 is 14.6 Å². The largest absolute Gasteiger partial charge is 0.492 e. The van der Waals surface area contributed by atoms with Gasteiger partial charge in [0.05, 0.1) is 16.6 Å². The molecular weight excluding hydrogens is 272 g/mol. The summed E-state index contributed by atoms with van der Waals surface area (Å²) in [4.78, 5) is 10.8. The molecule has 1 aromatic rings. The molecule has 0 radical (unpaired) electrons. The van der Waals surface area contributed by atoms with E-state index in [-0.39, 0.29) is 6.61 Å². The number of ether oxygens (including phenoxy) is 1. The van der Waals surface area contributed by atoms with Gasteiger partial charge in [0, 0.05) is 6.61 Å². The van der Waals surface area contributed by atoms with Crippen molar-refractivity contribution in [3.05, 3.63) is 28.2 Å². The molecule has 0 atom stereocenters. The van der Waals surface area contributed by atoms with E-state index in [4.69, 9.17) is 9.84 Å². The zero-order valence-electron chi connectivity index (χ0n) is 8.99. The minimum Gasteiger partial charge on any atom is -0.492 e. The molecule has 0 aliphatic heterocycles. The monoisotopic (exact) mass is 286 g/mol. The Morgan fingerprint density at radius 2 is 2.12 bits per heavy atom. The zero-order chi connectivity index (χ0) is 11.8. The fraction of sp³-hybridized carbons (Fsp3) is 0.417. The molecule has 1 N–H and O–H groups in total. The summed E-state index contributed by atoms with van der Waals surface area (Å²) in [5, 5.41) is 8.61. The first-order valence-electron chi connectivity index (χ1n) is 5.27. The number of rotatable bonds is 7. The van der Waals surface area contributed by atoms with Crippen LogP contribution in [0, 0.1) is 0 Å². The molecule has 0 aliphatic carbocycles. The Hall–Kier alpha value is -0.870. The number of aldehydes is 1. The fourth-order valence-corrected chi connectivity index (χ4v) is 1.83. The summed E-state index contributed by atoms with van der Waals surface area (Å²) in [6.45, 7) is 0.776. The second-order valence-electron chi connectivity index (χ2n) is 3.41. The number of carbonyl (C=O) groups is 1. The van der Waals surface area contributed by atoms with Gasteiger partial charge < -0.3 is 9.84 Å². The van der Waals surface area contributed by atoms with E-state index in [1.54, 1.807) is 12.1 Å². The van der Waals surface area contributed by atoms with E-state index >= 15 is 0 Å². The normalized spacial score (nSPS) is 10.1. The Kier molecular flexibility index (Phi) is 6.11. The number of benzene rings is 1. The van der Waals surface area contributed by atoms with E-state index in [0.717, 1.165) is 30.0 Å². The predicted molar refractivity (Wildman–Crippen MR) is 66.0 cm³/mol. The summed E-state index contributed by atoms with van der Waals surface area (Å²) < 4.78 is 6.34. The number of aliphatic hydroxyl groups is 1. The maximum Gasteiger partial charge on any atom is 0.153 e. The molecule has 88 valence electrons. The maximum atomic E-state index is 10.8. The van der Waals surface area contributed by atoms with Gasteiger partial charge in [-0.05, 0) is 47.3 Å². The van der Waals surface area contributed by atoms with Crippen molar-refractivity contribution in [2.45, 2.75) is 19.3 Å². The molecule has 16 heavy (non-hydrogen) atoms. The van der Waals surface area contributed by atoms with Gasteiger partial charge in [-0.1, -0.05) is 6.07 Å². The Morgan fingerprint density at radius 1 is 1.31 bits per heavy atom. The first-order chi connectivity index (χ1) is 7.79. The highest BCUT2D eigenvalue weighted by Crippen LogP contribution is 2.28. The van der Waals surface area contributed by atoms with Crippen LogP contribution < -0.4 is 4.74 Å². The van der Waals surface area contributed by atoms with Crippen molar-refractivity contribution >= 4 is 22.2 Å². The van der Waals surface area contributed by atoms with Gasteiger partial charge in [-0.2, -0.15) is 0 Å². The van der Waals surface area contributed by atoms with Crippen LogP contribution >= 0.6 is 15.9 Å². The number of hydrogen-bond acceptors (Lipinski definition) is 3. The number of unbranched alkanes of at least 4 members (excludes halogenated alkanes) is 2. The quantitative estimate of drug-likeness (QED) is 0.619. The molecule has 0 spiro atoms. The van der Waals surface area contributed by atoms with Crippen LogP contribution in [0.15, 0.2) is 22.7 Å². The minimum atomic E-state index is 0.217. The number of hydrogen-bond donors (Lipinski definition) is 1. The highest BCUT2D eigenvalue weighted by Gasteiger charge is 2.06. The molecule has 0 heterocycles. The third-order valence-electron chi connectivity index (χ3n) is 2.17. The lowest BCUT2D eigenvalue weighted by atomic mass is 10.2. The Morgan fingerprint density at radius 3 is 2.81 bits per heavy atom. The number of carbonyl (C=O) groups excluding carboxylic acids is 1. The summed E-state index contributed by atoms with van der Waals surface area (Å²) in [6, 6.07) is 5.36. The predicted octanol–water partition coefficient (Wildman–Crippen LogP) is 2.80. The van der Waals surface area contributed by atoms with Gasteiger partial charge in [-0.25, -0.2) is 0 Å². The Bertz CT molecular complexity index is 339. The van der Waals surface area contributed by atoms with Crippen LogP contribution in [0.4, 0.5) is 0 Å². The van der Waals surface area contributed by atoms with E-state index < -0.39 is 0 Å². The second-order valence-corrected chi connectivity index (χ2v) is 4.26. The van der Waals surface area contributed by atoms with Crippen LogP contribution in [0.3, 0.4) is 0 Å². The Labute approximate surface area is 104 Å². The van der Waals surface area contributed by atoms with Crippen LogP contribution in [-0.2, 0) is 0 Å². The molecule has 0 saturated carbocycles. The molecule has 0 bridgehead atoms. The summed E-state index contributed by atoms with van der Waals surface area (Å²) in [6.07, 6.45) is 3.38. The van der Waals surface area contributed by atoms with E-state index in [0.29, 0.717) is 17.9 Å². The highest BCUT2D eigenvalue weighted by molar-refractivity contribution is 9.10. The zero-order valence-corrected chi connectivity index (χ0v) is 10.6. The Balaban J connectivity index is 2.49. The molecule has 1 aromatic carbocycles. The molecule has 0 amide bonds. The molecule has 4 heteroatoms. The smallest absolute Gasteiger partial charge is 0.153 e. The second kappa shape index (κ2) is 7.41. The molecule has 0 aromatic heterocycles. The lowest BCUT2D eigenvalue weighted by Gasteiger charge is -2.09. The molecule has 0 unspecified atom stereocenters. The van der Waals surface area contributed by atoms with Crippen molar-refractivity contribution in [3.63, 3.8) is 0 Å². The average Bonchev–Trinajstić information content (AvgIpc) is 2.30. The standard InChI is InChI=1S/C12H15BrO3/c13-11-6-4-5-10(9-15)12(11)16-8-3-1-2-7-14/h4-6,9,14H,1-3,7-8H2. The number of aliphatic hydroxyl groups excluding tert-OH is 1. The van der Waals surface area contributed by atoms with Crippen LogP contribution in [-0.4, -0.2) is 24.6 Å². The first-order valence-corrected chi connectivity index (χ1v) is 6.06. The average molecular weight is 287 g/mol. The van der Waals surface area contributed by atoms with Crippen LogP contribution in [0.1, 0.15) is 29.6 Å². The summed E-state index contributed by atoms with van der Waals surface area (Å²) in [5.41, 5.74) is 0.552. The van der Waals surface area contributed by atoms with Crippen LogP contribution in [0.25, 0.3) is 0 Å². The molecular formula is C12H15BrO3. The molecule has 0 saturated heterocycles. The van der Waals surface area contributed by atoms with Crippen molar-refractivity contribution in [1.82, 2.24) is 0 Å². The molecule has 1 rings (SSSR count).